The molecule has 0 unspecified atom stereocenters. The first-order valence-corrected chi connectivity index (χ1v) is 9.59. The Morgan fingerprint density at radius 2 is 1.75 bits per heavy atom. The smallest absolute Gasteiger partial charge is 0.193 e. The van der Waals surface area contributed by atoms with Crippen LogP contribution in [0.15, 0.2) is 53.5 Å². The van der Waals surface area contributed by atoms with Gasteiger partial charge in [-0.1, -0.05) is 24.3 Å². The average molecular weight is 385 g/mol. The molecular weight excluding hydrogens is 352 g/mol. The lowest BCUT2D eigenvalue weighted by molar-refractivity contribution is 0.354. The van der Waals surface area contributed by atoms with Gasteiger partial charge < -0.3 is 25.0 Å². The molecule has 0 atom stereocenters. The van der Waals surface area contributed by atoms with Gasteiger partial charge >= 0.3 is 0 Å². The first kappa shape index (κ1) is 21.4. The molecule has 0 amide bonds. The summed E-state index contributed by atoms with van der Waals surface area (Å²) in [5.41, 5.74) is 2.35. The van der Waals surface area contributed by atoms with E-state index in [4.69, 9.17) is 9.47 Å². The third-order valence-corrected chi connectivity index (χ3v) is 4.50. The van der Waals surface area contributed by atoms with Crippen LogP contribution in [0.5, 0.6) is 11.5 Å². The van der Waals surface area contributed by atoms with E-state index in [1.807, 2.05) is 37.4 Å². The molecule has 0 heterocycles. The highest BCUT2D eigenvalue weighted by Crippen LogP contribution is 2.27. The fraction of sp³-hybridized carbons (Fsp3) is 0.409. The lowest BCUT2D eigenvalue weighted by atomic mass is 10.1. The number of anilines is 1. The van der Waals surface area contributed by atoms with Crippen LogP contribution in [0, 0.1) is 0 Å². The number of likely N-dealkylation sites (N-methyl/N-ethyl adjacent to an activating group) is 1. The number of para-hydroxylation sites is 1. The highest BCUT2D eigenvalue weighted by molar-refractivity contribution is 5.79. The van der Waals surface area contributed by atoms with E-state index >= 15 is 0 Å². The summed E-state index contributed by atoms with van der Waals surface area (Å²) in [5, 5.41) is 6.84. The van der Waals surface area contributed by atoms with Crippen LogP contribution in [0.25, 0.3) is 0 Å². The molecule has 6 nitrogen and oxygen atoms in total. The van der Waals surface area contributed by atoms with E-state index in [-0.39, 0.29) is 0 Å². The van der Waals surface area contributed by atoms with Gasteiger partial charge in [-0.2, -0.15) is 0 Å². The van der Waals surface area contributed by atoms with Crippen LogP contribution in [-0.4, -0.2) is 58.8 Å². The molecule has 0 aliphatic heterocycles. The van der Waals surface area contributed by atoms with Crippen molar-refractivity contribution in [3.8, 4) is 11.5 Å². The quantitative estimate of drug-likeness (QED) is 0.374. The Morgan fingerprint density at radius 1 is 1.00 bits per heavy atom. The largest absolute Gasteiger partial charge is 0.493 e. The molecule has 0 aliphatic rings. The van der Waals surface area contributed by atoms with Crippen molar-refractivity contribution in [2.45, 2.75) is 12.8 Å². The Labute approximate surface area is 168 Å². The van der Waals surface area contributed by atoms with Crippen molar-refractivity contribution in [2.75, 3.05) is 53.3 Å². The fourth-order valence-corrected chi connectivity index (χ4v) is 2.90. The number of nitrogens with zero attached hydrogens (tertiary/aromatic N) is 2. The van der Waals surface area contributed by atoms with Gasteiger partial charge in [0.2, 0.25) is 0 Å². The zero-order valence-electron chi connectivity index (χ0n) is 17.4. The molecule has 2 rings (SSSR count). The number of hydrogen-bond donors (Lipinski definition) is 2. The third-order valence-electron chi connectivity index (χ3n) is 4.50. The summed E-state index contributed by atoms with van der Waals surface area (Å²) in [6.45, 7) is 2.65. The minimum atomic E-state index is 0.751. The van der Waals surface area contributed by atoms with Gasteiger partial charge in [-0.3, -0.25) is 4.99 Å². The summed E-state index contributed by atoms with van der Waals surface area (Å²) in [7, 11) is 7.18. The number of hydrogen-bond acceptors (Lipinski definition) is 4. The van der Waals surface area contributed by atoms with Gasteiger partial charge in [-0.25, -0.2) is 0 Å². The van der Waals surface area contributed by atoms with E-state index in [1.54, 1.807) is 14.2 Å². The highest BCUT2D eigenvalue weighted by atomic mass is 16.5. The molecule has 152 valence electrons. The number of benzene rings is 2. The number of aliphatic imine (C=N–C) groups is 1. The zero-order valence-corrected chi connectivity index (χ0v) is 17.4. The molecule has 0 fully saturated rings. The summed E-state index contributed by atoms with van der Waals surface area (Å²) < 4.78 is 10.7. The Kier molecular flexibility index (Phi) is 8.98. The SMILES string of the molecule is CN=C(NCCCNc1ccccc1)N(C)CCc1ccc(OC)c(OC)c1. The van der Waals surface area contributed by atoms with Crippen LogP contribution in [0.3, 0.4) is 0 Å². The maximum Gasteiger partial charge on any atom is 0.193 e. The number of nitrogens with one attached hydrogen (secondary N) is 2. The number of rotatable bonds is 10. The molecule has 28 heavy (non-hydrogen) atoms. The van der Waals surface area contributed by atoms with Gasteiger partial charge in [-0.15, -0.1) is 0 Å². The van der Waals surface area contributed by atoms with Gasteiger partial charge in [0, 0.05) is 39.4 Å². The Morgan fingerprint density at radius 3 is 2.43 bits per heavy atom. The summed E-state index contributed by atoms with van der Waals surface area (Å²) in [6.07, 6.45) is 1.91. The van der Waals surface area contributed by atoms with E-state index in [9.17, 15) is 0 Å². The first-order valence-electron chi connectivity index (χ1n) is 9.59. The molecule has 6 heteroatoms. The van der Waals surface area contributed by atoms with E-state index in [0.29, 0.717) is 0 Å². The molecular formula is C22H32N4O2. The Balaban J connectivity index is 1.73. The molecule has 0 saturated carbocycles. The lowest BCUT2D eigenvalue weighted by Gasteiger charge is -2.22. The van der Waals surface area contributed by atoms with Gasteiger partial charge in [0.1, 0.15) is 0 Å². The van der Waals surface area contributed by atoms with Crippen molar-refractivity contribution in [2.24, 2.45) is 4.99 Å². The molecule has 2 aromatic carbocycles. The molecule has 0 bridgehead atoms. The zero-order chi connectivity index (χ0) is 20.2. The lowest BCUT2D eigenvalue weighted by Crippen LogP contribution is -2.40. The molecule has 2 aromatic rings. The first-order chi connectivity index (χ1) is 13.7. The highest BCUT2D eigenvalue weighted by Gasteiger charge is 2.08. The summed E-state index contributed by atoms with van der Waals surface area (Å²) in [4.78, 5) is 6.52. The summed E-state index contributed by atoms with van der Waals surface area (Å²) in [6, 6.07) is 16.3. The second-order valence-electron chi connectivity index (χ2n) is 6.48. The van der Waals surface area contributed by atoms with Crippen LogP contribution >= 0.6 is 0 Å². The van der Waals surface area contributed by atoms with Gasteiger partial charge in [0.05, 0.1) is 14.2 Å². The Bertz CT molecular complexity index is 735. The van der Waals surface area contributed by atoms with E-state index in [2.05, 4.69) is 45.8 Å². The van der Waals surface area contributed by atoms with E-state index < -0.39 is 0 Å². The maximum atomic E-state index is 5.38. The normalized spacial score (nSPS) is 11.1. The van der Waals surface area contributed by atoms with Crippen molar-refractivity contribution in [1.29, 1.82) is 0 Å². The predicted molar refractivity (Wildman–Crippen MR) is 117 cm³/mol. The standard InChI is InChI=1S/C22H32N4O2/c1-23-22(25-15-8-14-24-19-9-6-5-7-10-19)26(2)16-13-18-11-12-20(27-3)21(17-18)28-4/h5-7,9-12,17,24H,8,13-16H2,1-4H3,(H,23,25). The summed E-state index contributed by atoms with van der Waals surface area (Å²) >= 11 is 0. The van der Waals surface area contributed by atoms with Crippen molar-refractivity contribution in [3.63, 3.8) is 0 Å². The van der Waals surface area contributed by atoms with E-state index in [0.717, 1.165) is 55.6 Å². The van der Waals surface area contributed by atoms with Crippen LogP contribution in [0.1, 0.15) is 12.0 Å². The van der Waals surface area contributed by atoms with Crippen LogP contribution < -0.4 is 20.1 Å². The van der Waals surface area contributed by atoms with Crippen LogP contribution in [0.2, 0.25) is 0 Å². The molecule has 0 spiro atoms. The van der Waals surface area contributed by atoms with Crippen molar-refractivity contribution in [3.05, 3.63) is 54.1 Å². The van der Waals surface area contributed by atoms with Gasteiger partial charge in [-0.05, 0) is 42.7 Å². The molecule has 0 saturated heterocycles. The maximum absolute atomic E-state index is 5.38. The summed E-state index contributed by atoms with van der Waals surface area (Å²) in [5.74, 6) is 2.41. The third kappa shape index (κ3) is 6.68. The van der Waals surface area contributed by atoms with Crippen LogP contribution in [-0.2, 0) is 6.42 Å². The molecule has 0 aliphatic carbocycles. The van der Waals surface area contributed by atoms with Gasteiger partial charge in [0.15, 0.2) is 17.5 Å². The van der Waals surface area contributed by atoms with Crippen molar-refractivity contribution < 1.29 is 9.47 Å². The van der Waals surface area contributed by atoms with Crippen LogP contribution in [0.4, 0.5) is 5.69 Å². The minimum absolute atomic E-state index is 0.751. The van der Waals surface area contributed by atoms with Crippen molar-refractivity contribution in [1.82, 2.24) is 10.2 Å². The number of methoxy groups -OCH3 is 2. The Hall–Kier alpha value is -2.89. The van der Waals surface area contributed by atoms with Gasteiger partial charge in [0.25, 0.3) is 0 Å². The average Bonchev–Trinajstić information content (AvgIpc) is 2.75. The predicted octanol–water partition coefficient (Wildman–Crippen LogP) is 3.26. The molecule has 0 aromatic heterocycles. The monoisotopic (exact) mass is 384 g/mol. The number of guanidine groups is 1. The second kappa shape index (κ2) is 11.7. The minimum Gasteiger partial charge on any atom is -0.493 e. The second-order valence-corrected chi connectivity index (χ2v) is 6.48. The van der Waals surface area contributed by atoms with E-state index in [1.165, 1.54) is 5.56 Å². The number of ether oxygens (including phenoxy) is 2. The fourth-order valence-electron chi connectivity index (χ4n) is 2.90. The topological polar surface area (TPSA) is 58.1 Å². The molecule has 2 N–H and O–H groups in total. The van der Waals surface area contributed by atoms with Crippen molar-refractivity contribution >= 4 is 11.6 Å². The molecule has 0 radical (unpaired) electrons.